The predicted octanol–water partition coefficient (Wildman–Crippen LogP) is 0.359. The molecule has 0 fully saturated rings. The molecule has 0 heterocycles. The predicted molar refractivity (Wildman–Crippen MR) is 46.9 cm³/mol. The van der Waals surface area contributed by atoms with Gasteiger partial charge in [-0.25, -0.2) is 0 Å². The van der Waals surface area contributed by atoms with Gasteiger partial charge in [-0.2, -0.15) is 0 Å². The summed E-state index contributed by atoms with van der Waals surface area (Å²) in [6.45, 7) is 3.25. The van der Waals surface area contributed by atoms with Crippen molar-refractivity contribution in [1.29, 1.82) is 0 Å². The van der Waals surface area contributed by atoms with Crippen molar-refractivity contribution in [2.75, 3.05) is 27.4 Å². The standard InChI is InChI=1S/C8H19NO3/c1-4-5-12-6-7(9)8(10-2)11-3/h7-8H,4-6,9H2,1-3H3. The van der Waals surface area contributed by atoms with Crippen LogP contribution in [0.25, 0.3) is 0 Å². The second kappa shape index (κ2) is 7.49. The third-order valence-corrected chi connectivity index (χ3v) is 1.47. The van der Waals surface area contributed by atoms with Gasteiger partial charge in [0.2, 0.25) is 0 Å². The van der Waals surface area contributed by atoms with Crippen molar-refractivity contribution in [3.05, 3.63) is 0 Å². The minimum absolute atomic E-state index is 0.216. The Morgan fingerprint density at radius 1 is 1.25 bits per heavy atom. The molecule has 0 bridgehead atoms. The number of hydrogen-bond acceptors (Lipinski definition) is 4. The van der Waals surface area contributed by atoms with Crippen LogP contribution in [-0.4, -0.2) is 39.8 Å². The molecule has 0 aliphatic heterocycles. The van der Waals surface area contributed by atoms with Gasteiger partial charge >= 0.3 is 0 Å². The maximum absolute atomic E-state index is 5.70. The van der Waals surface area contributed by atoms with Gasteiger partial charge in [-0.1, -0.05) is 6.92 Å². The molecular weight excluding hydrogens is 158 g/mol. The molecule has 0 aliphatic rings. The van der Waals surface area contributed by atoms with Crippen LogP contribution in [0.15, 0.2) is 0 Å². The number of rotatable bonds is 7. The minimum atomic E-state index is -0.373. The first-order chi connectivity index (χ1) is 5.76. The van der Waals surface area contributed by atoms with Gasteiger partial charge in [0.05, 0.1) is 12.6 Å². The van der Waals surface area contributed by atoms with E-state index in [1.165, 1.54) is 0 Å². The Kier molecular flexibility index (Phi) is 7.39. The molecule has 4 nitrogen and oxygen atoms in total. The van der Waals surface area contributed by atoms with E-state index < -0.39 is 0 Å². The van der Waals surface area contributed by atoms with Gasteiger partial charge in [-0.3, -0.25) is 0 Å². The fourth-order valence-electron chi connectivity index (χ4n) is 0.888. The van der Waals surface area contributed by atoms with Gasteiger partial charge in [0.1, 0.15) is 0 Å². The van der Waals surface area contributed by atoms with Gasteiger partial charge in [0.25, 0.3) is 0 Å². The van der Waals surface area contributed by atoms with Crippen LogP contribution >= 0.6 is 0 Å². The van der Waals surface area contributed by atoms with Crippen LogP contribution in [0.4, 0.5) is 0 Å². The monoisotopic (exact) mass is 177 g/mol. The quantitative estimate of drug-likeness (QED) is 0.450. The van der Waals surface area contributed by atoms with Crippen LogP contribution < -0.4 is 5.73 Å². The fraction of sp³-hybridized carbons (Fsp3) is 1.00. The first-order valence-electron chi connectivity index (χ1n) is 4.15. The summed E-state index contributed by atoms with van der Waals surface area (Å²) in [6, 6.07) is -0.216. The van der Waals surface area contributed by atoms with E-state index >= 15 is 0 Å². The lowest BCUT2D eigenvalue weighted by Crippen LogP contribution is -2.41. The van der Waals surface area contributed by atoms with E-state index in [0.717, 1.165) is 13.0 Å². The molecule has 0 aromatic heterocycles. The van der Waals surface area contributed by atoms with E-state index in [1.807, 2.05) is 0 Å². The lowest BCUT2D eigenvalue weighted by atomic mass is 10.3. The minimum Gasteiger partial charge on any atom is -0.380 e. The van der Waals surface area contributed by atoms with Gasteiger partial charge in [-0.05, 0) is 6.42 Å². The molecule has 4 heteroatoms. The van der Waals surface area contributed by atoms with Crippen molar-refractivity contribution >= 4 is 0 Å². The molecule has 74 valence electrons. The van der Waals surface area contributed by atoms with Crippen molar-refractivity contribution in [2.45, 2.75) is 25.7 Å². The van der Waals surface area contributed by atoms with Crippen molar-refractivity contribution < 1.29 is 14.2 Å². The summed E-state index contributed by atoms with van der Waals surface area (Å²) in [4.78, 5) is 0. The molecule has 0 rings (SSSR count). The van der Waals surface area contributed by atoms with Crippen molar-refractivity contribution in [2.24, 2.45) is 5.73 Å². The second-order valence-electron chi connectivity index (χ2n) is 2.58. The summed E-state index contributed by atoms with van der Waals surface area (Å²) in [5.41, 5.74) is 5.70. The summed E-state index contributed by atoms with van der Waals surface area (Å²) < 4.78 is 15.2. The Bertz CT molecular complexity index is 96.3. The van der Waals surface area contributed by atoms with E-state index in [1.54, 1.807) is 14.2 Å². The fourth-order valence-corrected chi connectivity index (χ4v) is 0.888. The third-order valence-electron chi connectivity index (χ3n) is 1.47. The average Bonchev–Trinajstić information content (AvgIpc) is 2.07. The molecule has 12 heavy (non-hydrogen) atoms. The Morgan fingerprint density at radius 2 is 1.83 bits per heavy atom. The zero-order chi connectivity index (χ0) is 9.40. The summed E-state index contributed by atoms with van der Waals surface area (Å²) in [7, 11) is 3.13. The van der Waals surface area contributed by atoms with Crippen LogP contribution in [0.3, 0.4) is 0 Å². The van der Waals surface area contributed by atoms with E-state index in [9.17, 15) is 0 Å². The number of nitrogens with two attached hydrogens (primary N) is 1. The normalized spacial score (nSPS) is 13.8. The van der Waals surface area contributed by atoms with Crippen LogP contribution in [0.2, 0.25) is 0 Å². The van der Waals surface area contributed by atoms with E-state index in [0.29, 0.717) is 6.61 Å². The van der Waals surface area contributed by atoms with Gasteiger partial charge in [0.15, 0.2) is 6.29 Å². The topological polar surface area (TPSA) is 53.7 Å². The van der Waals surface area contributed by atoms with Crippen molar-refractivity contribution in [3.63, 3.8) is 0 Å². The Labute approximate surface area is 74.0 Å². The third kappa shape index (κ3) is 4.66. The lowest BCUT2D eigenvalue weighted by Gasteiger charge is -2.20. The zero-order valence-electron chi connectivity index (χ0n) is 8.08. The van der Waals surface area contributed by atoms with E-state index in [2.05, 4.69) is 6.92 Å². The molecular formula is C8H19NO3. The molecule has 0 radical (unpaired) electrons. The lowest BCUT2D eigenvalue weighted by molar-refractivity contribution is -0.126. The van der Waals surface area contributed by atoms with Crippen LogP contribution in [0.5, 0.6) is 0 Å². The van der Waals surface area contributed by atoms with E-state index in [4.69, 9.17) is 19.9 Å². The SMILES string of the molecule is CCCOCC(N)C(OC)OC. The summed E-state index contributed by atoms with van der Waals surface area (Å²) >= 11 is 0. The number of hydrogen-bond donors (Lipinski definition) is 1. The highest BCUT2D eigenvalue weighted by Crippen LogP contribution is 1.97. The maximum Gasteiger partial charge on any atom is 0.174 e. The summed E-state index contributed by atoms with van der Waals surface area (Å²) in [5, 5.41) is 0. The molecule has 0 saturated carbocycles. The Morgan fingerprint density at radius 3 is 2.25 bits per heavy atom. The highest BCUT2D eigenvalue weighted by atomic mass is 16.7. The smallest absolute Gasteiger partial charge is 0.174 e. The summed E-state index contributed by atoms with van der Waals surface area (Å²) in [5.74, 6) is 0. The second-order valence-corrected chi connectivity index (χ2v) is 2.58. The summed E-state index contributed by atoms with van der Waals surface area (Å²) in [6.07, 6.45) is 0.624. The molecule has 0 spiro atoms. The number of methoxy groups -OCH3 is 2. The molecule has 0 aromatic rings. The average molecular weight is 177 g/mol. The Hall–Kier alpha value is -0.160. The van der Waals surface area contributed by atoms with Gasteiger partial charge < -0.3 is 19.9 Å². The molecule has 2 N–H and O–H groups in total. The highest BCUT2D eigenvalue weighted by Gasteiger charge is 2.15. The zero-order valence-corrected chi connectivity index (χ0v) is 8.08. The maximum atomic E-state index is 5.70. The van der Waals surface area contributed by atoms with E-state index in [-0.39, 0.29) is 12.3 Å². The van der Waals surface area contributed by atoms with Crippen LogP contribution in [-0.2, 0) is 14.2 Å². The van der Waals surface area contributed by atoms with Crippen molar-refractivity contribution in [1.82, 2.24) is 0 Å². The molecule has 0 amide bonds. The van der Waals surface area contributed by atoms with Gasteiger partial charge in [0, 0.05) is 20.8 Å². The molecule has 0 aromatic carbocycles. The number of ether oxygens (including phenoxy) is 3. The van der Waals surface area contributed by atoms with Crippen LogP contribution in [0, 0.1) is 0 Å². The molecule has 1 atom stereocenters. The first kappa shape index (κ1) is 11.8. The van der Waals surface area contributed by atoms with Crippen LogP contribution in [0.1, 0.15) is 13.3 Å². The first-order valence-corrected chi connectivity index (χ1v) is 4.15. The highest BCUT2D eigenvalue weighted by molar-refractivity contribution is 4.63. The largest absolute Gasteiger partial charge is 0.380 e. The van der Waals surface area contributed by atoms with Gasteiger partial charge in [-0.15, -0.1) is 0 Å². The Balaban J connectivity index is 3.47. The molecule has 1 unspecified atom stereocenters. The van der Waals surface area contributed by atoms with Crippen molar-refractivity contribution in [3.8, 4) is 0 Å². The molecule has 0 aliphatic carbocycles. The molecule has 0 saturated heterocycles.